The molecule has 0 aromatic heterocycles. The third-order valence-electron chi connectivity index (χ3n) is 3.02. The minimum atomic E-state index is 0.330. The van der Waals surface area contributed by atoms with Crippen molar-refractivity contribution in [2.24, 2.45) is 5.92 Å². The van der Waals surface area contributed by atoms with Gasteiger partial charge in [0.05, 0.1) is 0 Å². The molecular formula is C12H21NO. The number of piperidine rings is 1. The topological polar surface area (TPSA) is 20.3 Å². The largest absolute Gasteiger partial charge is 0.303 e. The number of likely N-dealkylation sites (tertiary alicyclic amines) is 1. The Kier molecular flexibility index (Phi) is 4.33. The molecule has 14 heavy (non-hydrogen) atoms. The van der Waals surface area contributed by atoms with Gasteiger partial charge in [-0.2, -0.15) is 0 Å². The molecule has 0 spiro atoms. The smallest absolute Gasteiger partial charge is 0.133 e. The van der Waals surface area contributed by atoms with Gasteiger partial charge in [-0.15, -0.1) is 6.58 Å². The fourth-order valence-electron chi connectivity index (χ4n) is 1.91. The second-order valence-electron chi connectivity index (χ2n) is 4.43. The van der Waals surface area contributed by atoms with Crippen molar-refractivity contribution in [3.8, 4) is 0 Å². The Morgan fingerprint density at radius 2 is 1.93 bits per heavy atom. The van der Waals surface area contributed by atoms with Crippen molar-refractivity contribution in [3.63, 3.8) is 0 Å². The first kappa shape index (κ1) is 11.4. The average molecular weight is 195 g/mol. The highest BCUT2D eigenvalue weighted by molar-refractivity contribution is 5.78. The van der Waals surface area contributed by atoms with E-state index < -0.39 is 0 Å². The van der Waals surface area contributed by atoms with Crippen LogP contribution in [0.5, 0.6) is 0 Å². The third-order valence-corrected chi connectivity index (χ3v) is 3.02. The van der Waals surface area contributed by atoms with Crippen LogP contribution >= 0.6 is 0 Å². The first-order chi connectivity index (χ1) is 6.59. The molecule has 0 saturated carbocycles. The Bertz CT molecular complexity index is 214. The summed E-state index contributed by atoms with van der Waals surface area (Å²) >= 11 is 0. The van der Waals surface area contributed by atoms with E-state index >= 15 is 0 Å². The second kappa shape index (κ2) is 5.30. The van der Waals surface area contributed by atoms with Gasteiger partial charge < -0.3 is 4.90 Å². The van der Waals surface area contributed by atoms with E-state index in [4.69, 9.17) is 0 Å². The molecule has 2 nitrogen and oxygen atoms in total. The Morgan fingerprint density at radius 3 is 2.36 bits per heavy atom. The normalized spacial score (nSPS) is 19.6. The lowest BCUT2D eigenvalue weighted by molar-refractivity contribution is -0.122. The molecule has 0 bridgehead atoms. The first-order valence-electron chi connectivity index (χ1n) is 5.47. The summed E-state index contributed by atoms with van der Waals surface area (Å²) in [7, 11) is 0. The SMILES string of the molecule is C=C(C)CCN1CCC(C(C)=O)CC1. The summed E-state index contributed by atoms with van der Waals surface area (Å²) in [6, 6.07) is 0. The van der Waals surface area contributed by atoms with Gasteiger partial charge in [0.25, 0.3) is 0 Å². The van der Waals surface area contributed by atoms with Crippen molar-refractivity contribution in [1.29, 1.82) is 0 Å². The molecule has 0 aromatic rings. The monoisotopic (exact) mass is 195 g/mol. The van der Waals surface area contributed by atoms with Crippen molar-refractivity contribution in [2.45, 2.75) is 33.1 Å². The molecule has 0 unspecified atom stereocenters. The quantitative estimate of drug-likeness (QED) is 0.641. The zero-order chi connectivity index (χ0) is 10.6. The fraction of sp³-hybridized carbons (Fsp3) is 0.750. The summed E-state index contributed by atoms with van der Waals surface area (Å²) in [6.07, 6.45) is 3.18. The molecular weight excluding hydrogens is 174 g/mol. The molecule has 1 fully saturated rings. The lowest BCUT2D eigenvalue weighted by Crippen LogP contribution is -2.36. The van der Waals surface area contributed by atoms with Crippen molar-refractivity contribution >= 4 is 5.78 Å². The van der Waals surface area contributed by atoms with Gasteiger partial charge in [0.2, 0.25) is 0 Å². The molecule has 0 atom stereocenters. The van der Waals surface area contributed by atoms with Crippen LogP contribution in [-0.2, 0) is 4.79 Å². The van der Waals surface area contributed by atoms with E-state index in [1.165, 1.54) is 5.57 Å². The van der Waals surface area contributed by atoms with E-state index in [1.807, 2.05) is 0 Å². The molecule has 1 saturated heterocycles. The number of Topliss-reactive ketones (excluding diaryl/α,β-unsaturated/α-hetero) is 1. The van der Waals surface area contributed by atoms with Gasteiger partial charge in [0.1, 0.15) is 5.78 Å². The van der Waals surface area contributed by atoms with Gasteiger partial charge in [-0.25, -0.2) is 0 Å². The van der Waals surface area contributed by atoms with Crippen molar-refractivity contribution in [3.05, 3.63) is 12.2 Å². The maximum Gasteiger partial charge on any atom is 0.133 e. The van der Waals surface area contributed by atoms with Gasteiger partial charge >= 0.3 is 0 Å². The van der Waals surface area contributed by atoms with Crippen LogP contribution in [0, 0.1) is 5.92 Å². The maximum atomic E-state index is 11.1. The summed E-state index contributed by atoms with van der Waals surface area (Å²) in [5.74, 6) is 0.695. The van der Waals surface area contributed by atoms with Crippen molar-refractivity contribution < 1.29 is 4.79 Å². The summed E-state index contributed by atoms with van der Waals surface area (Å²) in [4.78, 5) is 13.6. The van der Waals surface area contributed by atoms with Gasteiger partial charge in [-0.05, 0) is 46.2 Å². The Balaban J connectivity index is 2.22. The standard InChI is InChI=1S/C12H21NO/c1-10(2)4-7-13-8-5-12(6-9-13)11(3)14/h12H,1,4-9H2,2-3H3. The highest BCUT2D eigenvalue weighted by Gasteiger charge is 2.21. The molecule has 0 radical (unpaired) electrons. The van der Waals surface area contributed by atoms with Gasteiger partial charge in [-0.1, -0.05) is 5.57 Å². The molecule has 1 heterocycles. The predicted octanol–water partition coefficient (Wildman–Crippen LogP) is 2.25. The summed E-state index contributed by atoms with van der Waals surface area (Å²) < 4.78 is 0. The zero-order valence-electron chi connectivity index (χ0n) is 9.38. The molecule has 0 aliphatic carbocycles. The number of ketones is 1. The molecule has 0 N–H and O–H groups in total. The van der Waals surface area contributed by atoms with Crippen molar-refractivity contribution in [2.75, 3.05) is 19.6 Å². The fourth-order valence-corrected chi connectivity index (χ4v) is 1.91. The van der Waals surface area contributed by atoms with E-state index in [1.54, 1.807) is 6.92 Å². The predicted molar refractivity (Wildman–Crippen MR) is 59.3 cm³/mol. The summed E-state index contributed by atoms with van der Waals surface area (Å²) in [5, 5.41) is 0. The maximum absolute atomic E-state index is 11.1. The van der Waals surface area contributed by atoms with Crippen LogP contribution < -0.4 is 0 Å². The highest BCUT2D eigenvalue weighted by Crippen LogP contribution is 2.18. The van der Waals surface area contributed by atoms with Crippen LogP contribution in [0.4, 0.5) is 0 Å². The van der Waals surface area contributed by atoms with Crippen LogP contribution in [0.15, 0.2) is 12.2 Å². The second-order valence-corrected chi connectivity index (χ2v) is 4.43. The van der Waals surface area contributed by atoms with Crippen LogP contribution in [0.1, 0.15) is 33.1 Å². The Hall–Kier alpha value is -0.630. The summed E-state index contributed by atoms with van der Waals surface area (Å²) in [5.41, 5.74) is 1.25. The first-order valence-corrected chi connectivity index (χ1v) is 5.47. The van der Waals surface area contributed by atoms with Crippen LogP contribution in [0.25, 0.3) is 0 Å². The van der Waals surface area contributed by atoms with Gasteiger partial charge in [-0.3, -0.25) is 4.79 Å². The molecule has 80 valence electrons. The van der Waals surface area contributed by atoms with Crippen LogP contribution in [-0.4, -0.2) is 30.3 Å². The van der Waals surface area contributed by atoms with Crippen LogP contribution in [0.2, 0.25) is 0 Å². The van der Waals surface area contributed by atoms with Gasteiger partial charge in [0.15, 0.2) is 0 Å². The number of rotatable bonds is 4. The number of carbonyl (C=O) groups excluding carboxylic acids is 1. The highest BCUT2D eigenvalue weighted by atomic mass is 16.1. The molecule has 1 aliphatic heterocycles. The molecule has 0 aromatic carbocycles. The van der Waals surface area contributed by atoms with Crippen LogP contribution in [0.3, 0.4) is 0 Å². The minimum Gasteiger partial charge on any atom is -0.303 e. The minimum absolute atomic E-state index is 0.330. The van der Waals surface area contributed by atoms with E-state index in [0.29, 0.717) is 11.7 Å². The van der Waals surface area contributed by atoms with E-state index in [2.05, 4.69) is 18.4 Å². The molecule has 1 rings (SSSR count). The third kappa shape index (κ3) is 3.62. The Labute approximate surface area is 87.0 Å². The number of hydrogen-bond acceptors (Lipinski definition) is 2. The number of carbonyl (C=O) groups is 1. The van der Waals surface area contributed by atoms with E-state index in [-0.39, 0.29) is 0 Å². The molecule has 1 aliphatic rings. The lowest BCUT2D eigenvalue weighted by Gasteiger charge is -2.30. The lowest BCUT2D eigenvalue weighted by atomic mass is 9.93. The van der Waals surface area contributed by atoms with Gasteiger partial charge in [0, 0.05) is 12.5 Å². The number of nitrogens with zero attached hydrogens (tertiary/aromatic N) is 1. The van der Waals surface area contributed by atoms with Crippen molar-refractivity contribution in [1.82, 2.24) is 4.90 Å². The Morgan fingerprint density at radius 1 is 1.36 bits per heavy atom. The number of hydrogen-bond donors (Lipinski definition) is 0. The average Bonchev–Trinajstić information content (AvgIpc) is 2.15. The van der Waals surface area contributed by atoms with E-state index in [9.17, 15) is 4.79 Å². The molecule has 0 amide bonds. The zero-order valence-corrected chi connectivity index (χ0v) is 9.38. The van der Waals surface area contributed by atoms with E-state index in [0.717, 1.165) is 38.9 Å². The summed E-state index contributed by atoms with van der Waals surface area (Å²) in [6.45, 7) is 11.0. The molecule has 2 heteroatoms.